The fourth-order valence-electron chi connectivity index (χ4n) is 2.59. The number of anilines is 1. The van der Waals surface area contributed by atoms with Crippen LogP contribution in [0.25, 0.3) is 11.0 Å². The maximum Gasteiger partial charge on any atom is 0.338 e. The number of benzene rings is 1. The number of carboxylic acids is 1. The minimum Gasteiger partial charge on any atom is -0.478 e. The second-order valence-electron chi connectivity index (χ2n) is 5.51. The summed E-state index contributed by atoms with van der Waals surface area (Å²) in [6.45, 7) is 0.572. The predicted molar refractivity (Wildman–Crippen MR) is 101 cm³/mol. The number of hydrogen-bond donors (Lipinski definition) is 3. The van der Waals surface area contributed by atoms with E-state index in [0.29, 0.717) is 27.9 Å². The highest BCUT2D eigenvalue weighted by atomic mass is 35.5. The van der Waals surface area contributed by atoms with Gasteiger partial charge in [-0.3, -0.25) is 4.98 Å². The Morgan fingerprint density at radius 3 is 2.65 bits per heavy atom. The van der Waals surface area contributed by atoms with Crippen LogP contribution in [0, 0.1) is 0 Å². The second-order valence-corrected chi connectivity index (χ2v) is 6.33. The maximum absolute atomic E-state index is 11.4. The number of hydrogen-bond acceptors (Lipinski definition) is 6. The highest BCUT2D eigenvalue weighted by Crippen LogP contribution is 2.28. The SMILES string of the molecule is CNC[C@@H](Nc1ncnc2c(C(=O)O)ccnc12)c1ccc(Cl)c(Cl)c1. The molecule has 3 aromatic rings. The van der Waals surface area contributed by atoms with Crippen LogP contribution in [0.15, 0.2) is 36.8 Å². The molecule has 0 bridgehead atoms. The molecule has 0 aliphatic carbocycles. The zero-order chi connectivity index (χ0) is 18.7. The third-order valence-electron chi connectivity index (χ3n) is 3.82. The van der Waals surface area contributed by atoms with Crippen LogP contribution in [-0.4, -0.2) is 39.6 Å². The third-order valence-corrected chi connectivity index (χ3v) is 4.56. The second kappa shape index (κ2) is 7.82. The molecule has 3 rings (SSSR count). The van der Waals surface area contributed by atoms with E-state index in [2.05, 4.69) is 25.6 Å². The number of aromatic nitrogens is 3. The van der Waals surface area contributed by atoms with Crippen LogP contribution >= 0.6 is 23.2 Å². The molecule has 0 saturated heterocycles. The Labute approximate surface area is 159 Å². The number of nitrogens with zero attached hydrogens (tertiary/aromatic N) is 3. The van der Waals surface area contributed by atoms with Crippen LogP contribution in [0.2, 0.25) is 10.0 Å². The molecule has 0 aliphatic rings. The van der Waals surface area contributed by atoms with Gasteiger partial charge in [-0.1, -0.05) is 29.3 Å². The summed E-state index contributed by atoms with van der Waals surface area (Å²) in [5.74, 6) is -0.636. The van der Waals surface area contributed by atoms with E-state index in [0.717, 1.165) is 5.56 Å². The summed E-state index contributed by atoms with van der Waals surface area (Å²) in [5.41, 5.74) is 1.62. The molecule has 0 aliphatic heterocycles. The molecule has 1 aromatic carbocycles. The van der Waals surface area contributed by atoms with Gasteiger partial charge in [-0.2, -0.15) is 0 Å². The summed E-state index contributed by atoms with van der Waals surface area (Å²) in [6.07, 6.45) is 2.73. The molecule has 0 fully saturated rings. The van der Waals surface area contributed by atoms with E-state index >= 15 is 0 Å². The number of pyridine rings is 1. The Bertz CT molecular complexity index is 967. The van der Waals surface area contributed by atoms with Crippen molar-refractivity contribution in [3.8, 4) is 0 Å². The van der Waals surface area contributed by atoms with Crippen LogP contribution in [0.1, 0.15) is 22.0 Å². The van der Waals surface area contributed by atoms with Crippen LogP contribution in [0.3, 0.4) is 0 Å². The van der Waals surface area contributed by atoms with Gasteiger partial charge < -0.3 is 15.7 Å². The van der Waals surface area contributed by atoms with E-state index in [-0.39, 0.29) is 17.1 Å². The van der Waals surface area contributed by atoms with Gasteiger partial charge in [0.05, 0.1) is 21.7 Å². The summed E-state index contributed by atoms with van der Waals surface area (Å²) < 4.78 is 0. The van der Waals surface area contributed by atoms with E-state index in [1.165, 1.54) is 18.6 Å². The van der Waals surface area contributed by atoms with Crippen molar-refractivity contribution in [1.29, 1.82) is 0 Å². The number of rotatable bonds is 6. The molecule has 0 amide bonds. The zero-order valence-corrected chi connectivity index (χ0v) is 15.2. The van der Waals surface area contributed by atoms with Crippen molar-refractivity contribution in [2.75, 3.05) is 18.9 Å². The molecule has 3 N–H and O–H groups in total. The first-order chi connectivity index (χ1) is 12.5. The van der Waals surface area contributed by atoms with E-state index in [1.807, 2.05) is 13.1 Å². The molecule has 0 unspecified atom stereocenters. The molecule has 0 radical (unpaired) electrons. The molecule has 134 valence electrons. The smallest absolute Gasteiger partial charge is 0.338 e. The Morgan fingerprint density at radius 1 is 1.15 bits per heavy atom. The quantitative estimate of drug-likeness (QED) is 0.591. The topological polar surface area (TPSA) is 100 Å². The number of aromatic carboxylic acids is 1. The number of carbonyl (C=O) groups is 1. The average Bonchev–Trinajstić information content (AvgIpc) is 2.63. The monoisotopic (exact) mass is 391 g/mol. The fraction of sp³-hybridized carbons (Fsp3) is 0.176. The standard InChI is InChI=1S/C17H15Cl2N5O2/c1-20-7-13(9-2-3-11(18)12(19)6-9)24-16-15-14(22-8-23-16)10(17(25)26)4-5-21-15/h2-6,8,13,20H,7H2,1H3,(H,25,26)(H,22,23,24)/t13-/m1/s1. The molecule has 26 heavy (non-hydrogen) atoms. The molecule has 0 spiro atoms. The zero-order valence-electron chi connectivity index (χ0n) is 13.7. The van der Waals surface area contributed by atoms with E-state index in [4.69, 9.17) is 23.2 Å². The van der Waals surface area contributed by atoms with E-state index in [9.17, 15) is 9.90 Å². The molecule has 1 atom stereocenters. The maximum atomic E-state index is 11.4. The summed E-state index contributed by atoms with van der Waals surface area (Å²) in [5, 5.41) is 16.6. The lowest BCUT2D eigenvalue weighted by atomic mass is 10.1. The molecule has 9 heteroatoms. The van der Waals surface area contributed by atoms with Crippen molar-refractivity contribution in [3.05, 3.63) is 58.0 Å². The highest BCUT2D eigenvalue weighted by molar-refractivity contribution is 6.42. The van der Waals surface area contributed by atoms with Gasteiger partial charge in [0.1, 0.15) is 17.4 Å². The first-order valence-corrected chi connectivity index (χ1v) is 8.46. The van der Waals surface area contributed by atoms with Crippen LogP contribution in [0.5, 0.6) is 0 Å². The lowest BCUT2D eigenvalue weighted by molar-refractivity contribution is 0.0698. The van der Waals surface area contributed by atoms with Gasteiger partial charge in [0.2, 0.25) is 0 Å². The Hall–Kier alpha value is -2.48. The first kappa shape index (κ1) is 18.3. The summed E-state index contributed by atoms with van der Waals surface area (Å²) in [4.78, 5) is 23.9. The number of likely N-dealkylation sites (N-methyl/N-ethyl adjacent to an activating group) is 1. The number of fused-ring (bicyclic) bond motifs is 1. The largest absolute Gasteiger partial charge is 0.478 e. The van der Waals surface area contributed by atoms with Gasteiger partial charge in [-0.05, 0) is 30.8 Å². The average molecular weight is 392 g/mol. The van der Waals surface area contributed by atoms with Gasteiger partial charge in [-0.15, -0.1) is 0 Å². The van der Waals surface area contributed by atoms with Gasteiger partial charge in [0.25, 0.3) is 0 Å². The number of nitrogens with one attached hydrogen (secondary N) is 2. The van der Waals surface area contributed by atoms with Gasteiger partial charge in [0.15, 0.2) is 5.82 Å². The molecular formula is C17H15Cl2N5O2. The number of carboxylic acid groups (broad SMARTS) is 1. The Morgan fingerprint density at radius 2 is 1.96 bits per heavy atom. The lowest BCUT2D eigenvalue weighted by Crippen LogP contribution is -2.24. The minimum atomic E-state index is -1.07. The van der Waals surface area contributed by atoms with Gasteiger partial charge in [-0.25, -0.2) is 14.8 Å². The van der Waals surface area contributed by atoms with Crippen molar-refractivity contribution < 1.29 is 9.90 Å². The Kier molecular flexibility index (Phi) is 5.51. The van der Waals surface area contributed by atoms with Crippen molar-refractivity contribution >= 4 is 46.0 Å². The van der Waals surface area contributed by atoms with Crippen LogP contribution in [0.4, 0.5) is 5.82 Å². The van der Waals surface area contributed by atoms with Gasteiger partial charge in [0, 0.05) is 12.7 Å². The molecule has 0 saturated carbocycles. The summed E-state index contributed by atoms with van der Waals surface area (Å²) in [6, 6.07) is 6.58. The van der Waals surface area contributed by atoms with E-state index in [1.54, 1.807) is 12.1 Å². The molecule has 2 heterocycles. The third kappa shape index (κ3) is 3.70. The fourth-order valence-corrected chi connectivity index (χ4v) is 2.90. The summed E-state index contributed by atoms with van der Waals surface area (Å²) in [7, 11) is 1.82. The molecule has 7 nitrogen and oxygen atoms in total. The molecular weight excluding hydrogens is 377 g/mol. The van der Waals surface area contributed by atoms with Crippen molar-refractivity contribution in [3.63, 3.8) is 0 Å². The number of halogens is 2. The summed E-state index contributed by atoms with van der Waals surface area (Å²) >= 11 is 12.1. The predicted octanol–water partition coefficient (Wildman–Crippen LogP) is 3.40. The first-order valence-electron chi connectivity index (χ1n) is 7.70. The highest BCUT2D eigenvalue weighted by Gasteiger charge is 2.18. The van der Waals surface area contributed by atoms with Gasteiger partial charge >= 0.3 is 5.97 Å². The minimum absolute atomic E-state index is 0.0696. The Balaban J connectivity index is 2.03. The van der Waals surface area contributed by atoms with Crippen LogP contribution in [-0.2, 0) is 0 Å². The lowest BCUT2D eigenvalue weighted by Gasteiger charge is -2.20. The molecule has 2 aromatic heterocycles. The normalized spacial score (nSPS) is 12.1. The van der Waals surface area contributed by atoms with Crippen molar-refractivity contribution in [2.45, 2.75) is 6.04 Å². The van der Waals surface area contributed by atoms with E-state index < -0.39 is 5.97 Å². The van der Waals surface area contributed by atoms with Crippen molar-refractivity contribution in [2.24, 2.45) is 0 Å². The van der Waals surface area contributed by atoms with Crippen LogP contribution < -0.4 is 10.6 Å². The van der Waals surface area contributed by atoms with Crippen molar-refractivity contribution in [1.82, 2.24) is 20.3 Å².